The van der Waals surface area contributed by atoms with E-state index in [9.17, 15) is 14.4 Å². The molecule has 0 bridgehead atoms. The summed E-state index contributed by atoms with van der Waals surface area (Å²) in [6, 6.07) is 7.46. The molecule has 0 aliphatic carbocycles. The normalized spacial score (nSPS) is 14.8. The van der Waals surface area contributed by atoms with Gasteiger partial charge in [-0.2, -0.15) is 0 Å². The van der Waals surface area contributed by atoms with Gasteiger partial charge in [-0.25, -0.2) is 4.79 Å². The molecule has 25 heavy (non-hydrogen) atoms. The van der Waals surface area contributed by atoms with Crippen LogP contribution in [0.5, 0.6) is 5.75 Å². The van der Waals surface area contributed by atoms with Crippen LogP contribution in [0.2, 0.25) is 0 Å². The Balaban J connectivity index is 1.71. The number of nitrogens with two attached hydrogens (primary N) is 1. The lowest BCUT2D eigenvalue weighted by Gasteiger charge is -2.30. The zero-order valence-corrected chi connectivity index (χ0v) is 14.4. The van der Waals surface area contributed by atoms with Gasteiger partial charge in [0, 0.05) is 19.0 Å². The molecule has 1 aliphatic rings. The van der Waals surface area contributed by atoms with E-state index in [1.165, 1.54) is 0 Å². The molecule has 136 valence electrons. The third-order valence-corrected chi connectivity index (χ3v) is 4.31. The van der Waals surface area contributed by atoms with Gasteiger partial charge in [-0.3, -0.25) is 9.59 Å². The van der Waals surface area contributed by atoms with Gasteiger partial charge in [0.2, 0.25) is 5.91 Å². The summed E-state index contributed by atoms with van der Waals surface area (Å²) in [4.78, 5) is 36.5. The van der Waals surface area contributed by atoms with Gasteiger partial charge in [-0.1, -0.05) is 25.1 Å². The van der Waals surface area contributed by atoms with Crippen molar-refractivity contribution in [2.75, 3.05) is 26.3 Å². The van der Waals surface area contributed by atoms with E-state index in [1.807, 2.05) is 25.1 Å². The fraction of sp³-hybridized carbons (Fsp3) is 0.500. The molecule has 1 aromatic rings. The van der Waals surface area contributed by atoms with Crippen LogP contribution >= 0.6 is 0 Å². The Bertz CT molecular complexity index is 624. The monoisotopic (exact) mass is 348 g/mol. The third-order valence-electron chi connectivity index (χ3n) is 4.31. The maximum absolute atomic E-state index is 12.0. The number of para-hydroxylation sites is 1. The first-order valence-electron chi connectivity index (χ1n) is 8.44. The van der Waals surface area contributed by atoms with Gasteiger partial charge >= 0.3 is 5.97 Å². The maximum Gasteiger partial charge on any atom is 0.344 e. The van der Waals surface area contributed by atoms with Crippen molar-refractivity contribution >= 4 is 17.8 Å². The number of carbonyl (C=O) groups excluding carboxylic acids is 3. The van der Waals surface area contributed by atoms with Crippen LogP contribution < -0.4 is 10.5 Å². The summed E-state index contributed by atoms with van der Waals surface area (Å²) in [6.07, 6.45) is 1.89. The Morgan fingerprint density at radius 3 is 2.48 bits per heavy atom. The number of amides is 2. The van der Waals surface area contributed by atoms with Crippen LogP contribution in [0.4, 0.5) is 0 Å². The molecule has 1 aromatic carbocycles. The highest BCUT2D eigenvalue weighted by Crippen LogP contribution is 2.18. The van der Waals surface area contributed by atoms with Crippen LogP contribution in [0.25, 0.3) is 0 Å². The first-order valence-corrected chi connectivity index (χ1v) is 8.44. The summed E-state index contributed by atoms with van der Waals surface area (Å²) in [7, 11) is 0. The standard InChI is InChI=1S/C18H24N2O5/c1-2-13-5-3-4-6-15(13)24-12-17(22)25-11-16(21)20-9-7-14(8-10-20)18(19)23/h3-6,14H,2,7-12H2,1H3,(H2,19,23). The summed E-state index contributed by atoms with van der Waals surface area (Å²) in [5, 5.41) is 0. The molecule has 2 rings (SSSR count). The second-order valence-electron chi connectivity index (χ2n) is 5.97. The van der Waals surface area contributed by atoms with Gasteiger partial charge < -0.3 is 20.1 Å². The fourth-order valence-corrected chi connectivity index (χ4v) is 2.76. The minimum absolute atomic E-state index is 0.182. The van der Waals surface area contributed by atoms with E-state index in [2.05, 4.69) is 0 Å². The summed E-state index contributed by atoms with van der Waals surface area (Å²) < 4.78 is 10.4. The highest BCUT2D eigenvalue weighted by molar-refractivity contribution is 5.82. The maximum atomic E-state index is 12.0. The molecule has 0 spiro atoms. The topological polar surface area (TPSA) is 98.9 Å². The van der Waals surface area contributed by atoms with Crippen molar-refractivity contribution in [2.24, 2.45) is 11.7 Å². The second kappa shape index (κ2) is 9.05. The molecular formula is C18H24N2O5. The Labute approximate surface area is 147 Å². The summed E-state index contributed by atoms with van der Waals surface area (Å²) in [5.74, 6) is -0.736. The molecule has 0 aromatic heterocycles. The number of likely N-dealkylation sites (tertiary alicyclic amines) is 1. The zero-order valence-electron chi connectivity index (χ0n) is 14.4. The SMILES string of the molecule is CCc1ccccc1OCC(=O)OCC(=O)N1CCC(C(N)=O)CC1. The number of hydrogen-bond donors (Lipinski definition) is 1. The largest absolute Gasteiger partial charge is 0.482 e. The molecule has 0 radical (unpaired) electrons. The van der Waals surface area contributed by atoms with E-state index >= 15 is 0 Å². The van der Waals surface area contributed by atoms with E-state index in [1.54, 1.807) is 11.0 Å². The Morgan fingerprint density at radius 1 is 1.16 bits per heavy atom. The van der Waals surface area contributed by atoms with E-state index in [-0.39, 0.29) is 30.9 Å². The number of primary amides is 1. The lowest BCUT2D eigenvalue weighted by molar-refractivity contribution is -0.154. The second-order valence-corrected chi connectivity index (χ2v) is 5.97. The average molecular weight is 348 g/mol. The molecule has 1 fully saturated rings. The number of rotatable bonds is 7. The average Bonchev–Trinajstić information content (AvgIpc) is 2.64. The molecular weight excluding hydrogens is 324 g/mol. The quantitative estimate of drug-likeness (QED) is 0.738. The van der Waals surface area contributed by atoms with Gasteiger partial charge in [0.25, 0.3) is 5.91 Å². The molecule has 1 aliphatic heterocycles. The molecule has 2 N–H and O–H groups in total. The number of ether oxygens (including phenoxy) is 2. The molecule has 7 heteroatoms. The van der Waals surface area contributed by atoms with Gasteiger partial charge in [-0.15, -0.1) is 0 Å². The summed E-state index contributed by atoms with van der Waals surface area (Å²) >= 11 is 0. The summed E-state index contributed by atoms with van der Waals surface area (Å²) in [6.45, 7) is 2.34. The Kier molecular flexibility index (Phi) is 6.80. The van der Waals surface area contributed by atoms with E-state index < -0.39 is 5.97 Å². The number of esters is 1. The predicted octanol–water partition coefficient (Wildman–Crippen LogP) is 0.895. The first-order chi connectivity index (χ1) is 12.0. The van der Waals surface area contributed by atoms with Crippen molar-refractivity contribution in [3.05, 3.63) is 29.8 Å². The molecule has 0 atom stereocenters. The Morgan fingerprint density at radius 2 is 1.84 bits per heavy atom. The molecule has 0 unspecified atom stereocenters. The van der Waals surface area contributed by atoms with Gasteiger partial charge in [0.15, 0.2) is 13.2 Å². The first kappa shape index (κ1) is 18.8. The fourth-order valence-electron chi connectivity index (χ4n) is 2.76. The highest BCUT2D eigenvalue weighted by atomic mass is 16.6. The van der Waals surface area contributed by atoms with Crippen molar-refractivity contribution in [2.45, 2.75) is 26.2 Å². The number of piperidine rings is 1. The van der Waals surface area contributed by atoms with Crippen LogP contribution in [-0.2, 0) is 25.5 Å². The lowest BCUT2D eigenvalue weighted by atomic mass is 9.96. The number of aryl methyl sites for hydroxylation is 1. The van der Waals surface area contributed by atoms with Crippen LogP contribution in [0, 0.1) is 5.92 Å². The van der Waals surface area contributed by atoms with Crippen LogP contribution in [0.15, 0.2) is 24.3 Å². The number of benzene rings is 1. The minimum atomic E-state index is -0.591. The number of nitrogens with zero attached hydrogens (tertiary/aromatic N) is 1. The third kappa shape index (κ3) is 5.48. The molecule has 2 amide bonds. The Hall–Kier alpha value is -2.57. The van der Waals surface area contributed by atoms with Crippen LogP contribution in [-0.4, -0.2) is 49.0 Å². The van der Waals surface area contributed by atoms with Crippen molar-refractivity contribution in [3.63, 3.8) is 0 Å². The molecule has 0 saturated carbocycles. The lowest BCUT2D eigenvalue weighted by Crippen LogP contribution is -2.43. The number of carbonyl (C=O) groups is 3. The van der Waals surface area contributed by atoms with Crippen molar-refractivity contribution in [1.82, 2.24) is 4.90 Å². The van der Waals surface area contributed by atoms with E-state index in [0.717, 1.165) is 12.0 Å². The smallest absolute Gasteiger partial charge is 0.344 e. The minimum Gasteiger partial charge on any atom is -0.482 e. The van der Waals surface area contributed by atoms with Gasteiger partial charge in [0.1, 0.15) is 5.75 Å². The van der Waals surface area contributed by atoms with Crippen molar-refractivity contribution in [3.8, 4) is 5.75 Å². The van der Waals surface area contributed by atoms with Crippen LogP contribution in [0.1, 0.15) is 25.3 Å². The van der Waals surface area contributed by atoms with Gasteiger partial charge in [0.05, 0.1) is 0 Å². The zero-order chi connectivity index (χ0) is 18.2. The molecule has 1 saturated heterocycles. The van der Waals surface area contributed by atoms with Crippen LogP contribution in [0.3, 0.4) is 0 Å². The van der Waals surface area contributed by atoms with E-state index in [0.29, 0.717) is 31.7 Å². The summed E-state index contributed by atoms with van der Waals surface area (Å²) in [5.41, 5.74) is 6.27. The predicted molar refractivity (Wildman–Crippen MR) is 90.8 cm³/mol. The van der Waals surface area contributed by atoms with Crippen molar-refractivity contribution < 1.29 is 23.9 Å². The highest BCUT2D eigenvalue weighted by Gasteiger charge is 2.26. The van der Waals surface area contributed by atoms with E-state index in [4.69, 9.17) is 15.2 Å². The molecule has 1 heterocycles. The molecule has 7 nitrogen and oxygen atoms in total. The number of hydrogen-bond acceptors (Lipinski definition) is 5. The van der Waals surface area contributed by atoms with Crippen molar-refractivity contribution in [1.29, 1.82) is 0 Å². The van der Waals surface area contributed by atoms with Gasteiger partial charge in [-0.05, 0) is 30.9 Å².